The van der Waals surface area contributed by atoms with Gasteiger partial charge in [0.1, 0.15) is 6.10 Å². The SMILES string of the molecule is CC(=O)O[C@H]1CC[C@@]2(C)C(=CC[C@H]3[C@H]2CC[C@]2(C)C(I)=CC[C@H]32)C1. The van der Waals surface area contributed by atoms with E-state index in [4.69, 9.17) is 4.74 Å². The second-order valence-electron chi connectivity index (χ2n) is 8.98. The van der Waals surface area contributed by atoms with E-state index in [-0.39, 0.29) is 12.1 Å². The van der Waals surface area contributed by atoms with Crippen LogP contribution in [0.2, 0.25) is 0 Å². The van der Waals surface area contributed by atoms with Crippen LogP contribution >= 0.6 is 22.6 Å². The first-order valence-electron chi connectivity index (χ1n) is 9.57. The van der Waals surface area contributed by atoms with E-state index in [1.54, 1.807) is 9.15 Å². The lowest BCUT2D eigenvalue weighted by Crippen LogP contribution is -2.49. The zero-order chi connectivity index (χ0) is 17.1. The summed E-state index contributed by atoms with van der Waals surface area (Å²) in [5.74, 6) is 2.37. The Morgan fingerprint density at radius 2 is 1.88 bits per heavy atom. The Bertz CT molecular complexity index is 621. The van der Waals surface area contributed by atoms with Gasteiger partial charge < -0.3 is 4.74 Å². The fourth-order valence-electron chi connectivity index (χ4n) is 6.48. The highest BCUT2D eigenvalue weighted by molar-refractivity contribution is 14.1. The van der Waals surface area contributed by atoms with Crippen LogP contribution in [0, 0.1) is 28.6 Å². The second-order valence-corrected chi connectivity index (χ2v) is 10.1. The van der Waals surface area contributed by atoms with E-state index in [0.29, 0.717) is 10.8 Å². The summed E-state index contributed by atoms with van der Waals surface area (Å²) in [6.45, 7) is 6.56. The molecule has 0 amide bonds. The van der Waals surface area contributed by atoms with Gasteiger partial charge in [0.2, 0.25) is 0 Å². The number of fused-ring (bicyclic) bond motifs is 5. The van der Waals surface area contributed by atoms with Crippen molar-refractivity contribution in [3.8, 4) is 0 Å². The molecule has 2 nitrogen and oxygen atoms in total. The van der Waals surface area contributed by atoms with E-state index in [0.717, 1.165) is 30.6 Å². The number of esters is 1. The summed E-state index contributed by atoms with van der Waals surface area (Å²) >= 11 is 2.60. The molecule has 0 aromatic heterocycles. The van der Waals surface area contributed by atoms with Gasteiger partial charge in [0.05, 0.1) is 0 Å². The summed E-state index contributed by atoms with van der Waals surface area (Å²) in [5.41, 5.74) is 2.37. The minimum Gasteiger partial charge on any atom is -0.462 e. The van der Waals surface area contributed by atoms with E-state index >= 15 is 0 Å². The van der Waals surface area contributed by atoms with Crippen LogP contribution in [0.3, 0.4) is 0 Å². The fraction of sp³-hybridized carbons (Fsp3) is 0.762. The Kier molecular flexibility index (Phi) is 4.17. The largest absolute Gasteiger partial charge is 0.462 e. The van der Waals surface area contributed by atoms with Gasteiger partial charge in [-0.3, -0.25) is 4.79 Å². The Labute approximate surface area is 159 Å². The lowest BCUT2D eigenvalue weighted by molar-refractivity contribution is -0.148. The van der Waals surface area contributed by atoms with Crippen molar-refractivity contribution in [2.75, 3.05) is 0 Å². The molecule has 132 valence electrons. The lowest BCUT2D eigenvalue weighted by atomic mass is 9.48. The van der Waals surface area contributed by atoms with Crippen LogP contribution in [0.15, 0.2) is 21.3 Å². The van der Waals surface area contributed by atoms with Gasteiger partial charge in [-0.05, 0) is 87.9 Å². The van der Waals surface area contributed by atoms with Crippen molar-refractivity contribution in [1.82, 2.24) is 0 Å². The molecule has 0 radical (unpaired) electrons. The molecule has 2 fully saturated rings. The van der Waals surface area contributed by atoms with Crippen molar-refractivity contribution in [3.63, 3.8) is 0 Å². The van der Waals surface area contributed by atoms with Crippen LogP contribution in [0.4, 0.5) is 0 Å². The molecule has 0 aromatic carbocycles. The Morgan fingerprint density at radius 3 is 2.62 bits per heavy atom. The standard InChI is InChI=1S/C21H29IO2/c1-13(23)24-15-8-10-20(2)14(12-15)4-5-16-17-6-7-19(22)21(17,3)11-9-18(16)20/h4,7,15-18H,5-6,8-12H2,1-3H3/t15-,16+,17+,18+,20-,21-/m0/s1. The molecular weight excluding hydrogens is 411 g/mol. The highest BCUT2D eigenvalue weighted by Crippen LogP contribution is 2.65. The molecule has 3 heteroatoms. The second kappa shape index (κ2) is 5.85. The number of carbonyl (C=O) groups excluding carboxylic acids is 1. The molecule has 0 spiro atoms. The van der Waals surface area contributed by atoms with Crippen molar-refractivity contribution < 1.29 is 9.53 Å². The van der Waals surface area contributed by atoms with Crippen molar-refractivity contribution in [2.45, 2.75) is 71.8 Å². The number of allylic oxidation sites excluding steroid dienone is 3. The summed E-state index contributed by atoms with van der Waals surface area (Å²) < 4.78 is 7.14. The van der Waals surface area contributed by atoms with Crippen molar-refractivity contribution in [1.29, 1.82) is 0 Å². The summed E-state index contributed by atoms with van der Waals surface area (Å²) in [6, 6.07) is 0. The number of ether oxygens (including phenoxy) is 1. The summed E-state index contributed by atoms with van der Waals surface area (Å²) in [7, 11) is 0. The van der Waals surface area contributed by atoms with E-state index in [1.807, 2.05) is 0 Å². The van der Waals surface area contributed by atoms with Gasteiger partial charge in [0.15, 0.2) is 0 Å². The van der Waals surface area contributed by atoms with Gasteiger partial charge in [-0.25, -0.2) is 0 Å². The zero-order valence-electron chi connectivity index (χ0n) is 15.1. The van der Waals surface area contributed by atoms with Gasteiger partial charge in [0, 0.05) is 18.8 Å². The highest BCUT2D eigenvalue weighted by atomic mass is 127. The molecule has 0 saturated heterocycles. The molecule has 0 N–H and O–H groups in total. The Hall–Kier alpha value is -0.320. The lowest BCUT2D eigenvalue weighted by Gasteiger charge is -2.57. The molecule has 6 atom stereocenters. The zero-order valence-corrected chi connectivity index (χ0v) is 17.3. The maximum Gasteiger partial charge on any atom is 0.302 e. The molecule has 0 heterocycles. The van der Waals surface area contributed by atoms with Crippen molar-refractivity contribution in [2.24, 2.45) is 28.6 Å². The Balaban J connectivity index is 1.59. The van der Waals surface area contributed by atoms with E-state index in [2.05, 4.69) is 48.6 Å². The van der Waals surface area contributed by atoms with Crippen LogP contribution in [-0.4, -0.2) is 12.1 Å². The van der Waals surface area contributed by atoms with Crippen LogP contribution in [0.1, 0.15) is 65.7 Å². The van der Waals surface area contributed by atoms with E-state index in [1.165, 1.54) is 39.0 Å². The highest BCUT2D eigenvalue weighted by Gasteiger charge is 2.56. The molecule has 4 rings (SSSR count). The number of hydrogen-bond donors (Lipinski definition) is 0. The predicted molar refractivity (Wildman–Crippen MR) is 105 cm³/mol. The molecule has 0 bridgehead atoms. The summed E-state index contributed by atoms with van der Waals surface area (Å²) in [4.78, 5) is 11.3. The van der Waals surface area contributed by atoms with E-state index < -0.39 is 0 Å². The topological polar surface area (TPSA) is 26.3 Å². The first-order valence-corrected chi connectivity index (χ1v) is 10.7. The number of hydrogen-bond acceptors (Lipinski definition) is 2. The van der Waals surface area contributed by atoms with Crippen LogP contribution < -0.4 is 0 Å². The van der Waals surface area contributed by atoms with Crippen molar-refractivity contribution >= 4 is 28.6 Å². The molecule has 0 unspecified atom stereocenters. The Morgan fingerprint density at radius 1 is 1.12 bits per heavy atom. The number of halogens is 1. The van der Waals surface area contributed by atoms with Gasteiger partial charge in [-0.1, -0.05) is 31.6 Å². The van der Waals surface area contributed by atoms with Gasteiger partial charge >= 0.3 is 5.97 Å². The average molecular weight is 440 g/mol. The number of carbonyl (C=O) groups is 1. The van der Waals surface area contributed by atoms with Gasteiger partial charge in [-0.2, -0.15) is 0 Å². The summed E-state index contributed by atoms with van der Waals surface area (Å²) in [6.07, 6.45) is 13.6. The van der Waals surface area contributed by atoms with Gasteiger partial charge in [-0.15, -0.1) is 0 Å². The van der Waals surface area contributed by atoms with Crippen LogP contribution in [0.5, 0.6) is 0 Å². The van der Waals surface area contributed by atoms with Crippen LogP contribution in [-0.2, 0) is 9.53 Å². The smallest absolute Gasteiger partial charge is 0.302 e. The minimum atomic E-state index is -0.127. The quantitative estimate of drug-likeness (QED) is 0.292. The fourth-order valence-corrected chi connectivity index (χ4v) is 7.40. The van der Waals surface area contributed by atoms with Gasteiger partial charge in [0.25, 0.3) is 0 Å². The first kappa shape index (κ1) is 17.1. The maximum atomic E-state index is 11.3. The predicted octanol–water partition coefficient (Wildman–Crippen LogP) is 5.81. The summed E-state index contributed by atoms with van der Waals surface area (Å²) in [5, 5.41) is 0. The first-order chi connectivity index (χ1) is 11.3. The molecule has 4 aliphatic rings. The third-order valence-corrected chi connectivity index (χ3v) is 9.55. The monoisotopic (exact) mass is 440 g/mol. The molecule has 24 heavy (non-hydrogen) atoms. The maximum absolute atomic E-state index is 11.3. The van der Waals surface area contributed by atoms with E-state index in [9.17, 15) is 4.79 Å². The van der Waals surface area contributed by atoms with Crippen molar-refractivity contribution in [3.05, 3.63) is 21.3 Å². The minimum absolute atomic E-state index is 0.112. The molecule has 0 aromatic rings. The third kappa shape index (κ3) is 2.44. The third-order valence-electron chi connectivity index (χ3n) is 7.88. The molecule has 2 saturated carbocycles. The van der Waals surface area contributed by atoms with Crippen LogP contribution in [0.25, 0.3) is 0 Å². The average Bonchev–Trinajstić information content (AvgIpc) is 2.83. The number of rotatable bonds is 1. The molecule has 0 aliphatic heterocycles. The normalized spacial score (nSPS) is 47.0. The molecular formula is C21H29IO2. The molecule has 4 aliphatic carbocycles.